The third-order valence-corrected chi connectivity index (χ3v) is 11.8. The number of benzene rings is 4. The SMILES string of the molecule is CC(=O)OC[C@H]1O[C@@H](CC(=S)Nc2cccc(C3O[C@H](CSc4nc(-c5ccccc5)c(-c5ccccc5)o4)C[C@H](c4ccc(CO)cc4)O3)c2)[C@H](OC(C)=O)[C@@H](OC(C)=O)[C@@H]1OC(C)=O. The van der Waals surface area contributed by atoms with Gasteiger partial charge in [-0.25, -0.2) is 4.98 Å². The van der Waals surface area contributed by atoms with Crippen LogP contribution in [0.2, 0.25) is 0 Å². The molecule has 5 aromatic rings. The lowest BCUT2D eigenvalue weighted by Crippen LogP contribution is -2.62. The van der Waals surface area contributed by atoms with Crippen molar-refractivity contribution in [2.45, 2.75) is 101 Å². The number of carbonyl (C=O) groups is 4. The quantitative estimate of drug-likeness (QED) is 0.0417. The molecule has 7 rings (SSSR count). The monoisotopic (exact) mass is 938 g/mol. The summed E-state index contributed by atoms with van der Waals surface area (Å²) in [4.78, 5) is 53.9. The Hall–Kier alpha value is -5.95. The molecule has 15 nitrogen and oxygen atoms in total. The predicted octanol–water partition coefficient (Wildman–Crippen LogP) is 8.09. The zero-order valence-corrected chi connectivity index (χ0v) is 38.3. The van der Waals surface area contributed by atoms with E-state index in [1.165, 1.54) is 25.6 Å². The van der Waals surface area contributed by atoms with E-state index >= 15 is 0 Å². The highest BCUT2D eigenvalue weighted by Crippen LogP contribution is 2.42. The number of anilines is 1. The van der Waals surface area contributed by atoms with Crippen molar-refractivity contribution >= 4 is 58.5 Å². The Morgan fingerprint density at radius 3 is 2.00 bits per heavy atom. The predicted molar refractivity (Wildman–Crippen MR) is 246 cm³/mol. The van der Waals surface area contributed by atoms with E-state index in [0.717, 1.165) is 41.8 Å². The molecule has 8 atom stereocenters. The van der Waals surface area contributed by atoms with Crippen molar-refractivity contribution in [3.05, 3.63) is 126 Å². The van der Waals surface area contributed by atoms with Gasteiger partial charge in [-0.1, -0.05) is 121 Å². The fraction of sp³-hybridized carbons (Fsp3) is 0.347. The first-order valence-corrected chi connectivity index (χ1v) is 22.7. The Balaban J connectivity index is 1.10. The summed E-state index contributed by atoms with van der Waals surface area (Å²) in [6, 6.07) is 34.7. The number of thioether (sulfide) groups is 1. The van der Waals surface area contributed by atoms with Gasteiger partial charge in [0.15, 0.2) is 30.4 Å². The molecule has 0 radical (unpaired) electrons. The average Bonchev–Trinajstić information content (AvgIpc) is 3.74. The molecule has 4 aromatic carbocycles. The molecule has 2 aliphatic rings. The smallest absolute Gasteiger partial charge is 0.303 e. The van der Waals surface area contributed by atoms with E-state index in [4.69, 9.17) is 54.8 Å². The van der Waals surface area contributed by atoms with Crippen molar-refractivity contribution in [1.82, 2.24) is 4.98 Å². The van der Waals surface area contributed by atoms with Crippen LogP contribution in [0.15, 0.2) is 119 Å². The first-order valence-electron chi connectivity index (χ1n) is 21.3. The van der Waals surface area contributed by atoms with Crippen LogP contribution >= 0.6 is 24.0 Å². The molecule has 2 aliphatic heterocycles. The lowest BCUT2D eigenvalue weighted by atomic mass is 9.92. The van der Waals surface area contributed by atoms with Gasteiger partial charge in [-0.2, -0.15) is 0 Å². The van der Waals surface area contributed by atoms with Crippen molar-refractivity contribution in [3.63, 3.8) is 0 Å². The fourth-order valence-corrected chi connectivity index (χ4v) is 8.89. The van der Waals surface area contributed by atoms with Crippen LogP contribution in [0.4, 0.5) is 5.69 Å². The third-order valence-electron chi connectivity index (χ3n) is 10.6. The van der Waals surface area contributed by atoms with Crippen molar-refractivity contribution in [1.29, 1.82) is 0 Å². The summed E-state index contributed by atoms with van der Waals surface area (Å²) < 4.78 is 47.9. The standard InChI is InChI=1S/C49H50N2O13S2/c1-28(53)57-26-41-46(59-30(3)55)47(60-31(4)56)45(58-29(2)54)40(62-41)24-42(65)50-37-17-11-16-36(22-37)48-61-38(23-39(63-48)33-20-18-32(25-52)19-21-33)27-66-49-51-43(34-12-7-5-8-13-34)44(64-49)35-14-9-6-10-15-35/h5-22,38-41,45-48,52H,23-27H2,1-4H3,(H,50,65)/t38-,39+,40-,41+,45-,46+,47+,48?/m0/s1. The molecule has 0 amide bonds. The Bertz CT molecular complexity index is 2410. The minimum absolute atomic E-state index is 0.0565. The first kappa shape index (κ1) is 48.0. The molecule has 346 valence electrons. The van der Waals surface area contributed by atoms with Crippen molar-refractivity contribution in [2.75, 3.05) is 17.7 Å². The number of carbonyl (C=O) groups excluding carboxylic acids is 4. The highest BCUT2D eigenvalue weighted by molar-refractivity contribution is 7.99. The van der Waals surface area contributed by atoms with Gasteiger partial charge >= 0.3 is 23.9 Å². The second kappa shape index (κ2) is 22.5. The van der Waals surface area contributed by atoms with Gasteiger partial charge in [-0.15, -0.1) is 0 Å². The van der Waals surface area contributed by atoms with Gasteiger partial charge in [0, 0.05) is 68.7 Å². The summed E-state index contributed by atoms with van der Waals surface area (Å²) in [7, 11) is 0. The number of aliphatic hydroxyl groups is 1. The summed E-state index contributed by atoms with van der Waals surface area (Å²) in [5.41, 5.74) is 5.56. The first-order chi connectivity index (χ1) is 31.8. The highest BCUT2D eigenvalue weighted by Gasteiger charge is 2.52. The Morgan fingerprint density at radius 1 is 0.727 bits per heavy atom. The fourth-order valence-electron chi connectivity index (χ4n) is 7.77. The van der Waals surface area contributed by atoms with Crippen molar-refractivity contribution in [3.8, 4) is 22.6 Å². The van der Waals surface area contributed by atoms with Crippen LogP contribution in [-0.4, -0.2) is 87.9 Å². The molecule has 17 heteroatoms. The molecular weight excluding hydrogens is 889 g/mol. The molecule has 2 fully saturated rings. The number of esters is 4. The lowest BCUT2D eigenvalue weighted by molar-refractivity contribution is -0.251. The molecule has 0 aliphatic carbocycles. The number of hydrogen-bond acceptors (Lipinski definition) is 16. The normalized spacial score (nSPS) is 22.7. The number of nitrogens with zero attached hydrogens (tertiary/aromatic N) is 1. The van der Waals surface area contributed by atoms with E-state index in [1.807, 2.05) is 109 Å². The number of hydrogen-bond donors (Lipinski definition) is 2. The van der Waals surface area contributed by atoms with Crippen LogP contribution < -0.4 is 5.32 Å². The van der Waals surface area contributed by atoms with Crippen molar-refractivity contribution in [2.24, 2.45) is 0 Å². The maximum atomic E-state index is 12.4. The van der Waals surface area contributed by atoms with Crippen LogP contribution in [0.3, 0.4) is 0 Å². The summed E-state index contributed by atoms with van der Waals surface area (Å²) in [5, 5.41) is 13.4. The third kappa shape index (κ3) is 12.7. The van der Waals surface area contributed by atoms with E-state index < -0.39 is 60.7 Å². The van der Waals surface area contributed by atoms with E-state index in [1.54, 1.807) is 0 Å². The Kier molecular flexibility index (Phi) is 16.4. The van der Waals surface area contributed by atoms with Gasteiger partial charge in [0.1, 0.15) is 24.5 Å². The number of oxazole rings is 1. The van der Waals surface area contributed by atoms with Gasteiger partial charge in [0.2, 0.25) is 0 Å². The number of nitrogens with one attached hydrogen (secondary N) is 1. The largest absolute Gasteiger partial charge is 0.463 e. The molecule has 0 spiro atoms. The van der Waals surface area contributed by atoms with Crippen LogP contribution in [-0.2, 0) is 58.9 Å². The lowest BCUT2D eigenvalue weighted by Gasteiger charge is -2.44. The second-order valence-electron chi connectivity index (χ2n) is 15.7. The minimum Gasteiger partial charge on any atom is -0.463 e. The van der Waals surface area contributed by atoms with Gasteiger partial charge in [0.05, 0.1) is 23.8 Å². The molecule has 2 N–H and O–H groups in total. The molecule has 2 saturated heterocycles. The second-order valence-corrected chi connectivity index (χ2v) is 17.1. The molecule has 0 bridgehead atoms. The van der Waals surface area contributed by atoms with Crippen LogP contribution in [0.5, 0.6) is 0 Å². The van der Waals surface area contributed by atoms with Gasteiger partial charge in [0.25, 0.3) is 5.22 Å². The van der Waals surface area contributed by atoms with Crippen molar-refractivity contribution < 1.29 is 61.9 Å². The van der Waals surface area contributed by atoms with Crippen LogP contribution in [0, 0.1) is 0 Å². The number of aromatic nitrogens is 1. The molecule has 66 heavy (non-hydrogen) atoms. The summed E-state index contributed by atoms with van der Waals surface area (Å²) >= 11 is 7.28. The van der Waals surface area contributed by atoms with Crippen LogP contribution in [0.1, 0.15) is 69.6 Å². The van der Waals surface area contributed by atoms with Crippen LogP contribution in [0.25, 0.3) is 22.6 Å². The highest BCUT2D eigenvalue weighted by atomic mass is 32.2. The van der Waals surface area contributed by atoms with Gasteiger partial charge in [-0.05, 0) is 23.3 Å². The van der Waals surface area contributed by atoms with E-state index in [-0.39, 0.29) is 36.8 Å². The molecular formula is C49H50N2O13S2. The molecule has 1 unspecified atom stereocenters. The number of ether oxygens (including phenoxy) is 7. The number of aliphatic hydroxyl groups excluding tert-OH is 1. The summed E-state index contributed by atoms with van der Waals surface area (Å²) in [6.07, 6.45) is -7.04. The zero-order chi connectivity index (χ0) is 46.7. The molecule has 3 heterocycles. The Morgan fingerprint density at radius 2 is 1.36 bits per heavy atom. The van der Waals surface area contributed by atoms with E-state index in [9.17, 15) is 24.3 Å². The topological polar surface area (TPSA) is 191 Å². The van der Waals surface area contributed by atoms with E-state index in [2.05, 4.69) is 5.32 Å². The average molecular weight is 939 g/mol. The summed E-state index contributed by atoms with van der Waals surface area (Å²) in [6.45, 7) is 4.27. The van der Waals surface area contributed by atoms with E-state index in [0.29, 0.717) is 34.4 Å². The number of rotatable bonds is 16. The Labute approximate surface area is 391 Å². The maximum absolute atomic E-state index is 12.4. The summed E-state index contributed by atoms with van der Waals surface area (Å²) in [5.74, 6) is -1.62. The van der Waals surface area contributed by atoms with Gasteiger partial charge in [-0.3, -0.25) is 19.2 Å². The van der Waals surface area contributed by atoms with Gasteiger partial charge < -0.3 is 48.0 Å². The minimum atomic E-state index is -1.32. The molecule has 1 aromatic heterocycles. The zero-order valence-electron chi connectivity index (χ0n) is 36.7. The maximum Gasteiger partial charge on any atom is 0.303 e. The molecule has 0 saturated carbocycles. The number of thiocarbonyl (C=S) groups is 1.